The van der Waals surface area contributed by atoms with E-state index in [4.69, 9.17) is 5.73 Å². The molecule has 2 N–H and O–H groups in total. The summed E-state index contributed by atoms with van der Waals surface area (Å²) in [6, 6.07) is 5.39. The monoisotopic (exact) mass is 222 g/mol. The minimum absolute atomic E-state index is 0.237. The van der Waals surface area contributed by atoms with Crippen LogP contribution in [0, 0.1) is 0 Å². The molecule has 0 saturated carbocycles. The van der Waals surface area contributed by atoms with Crippen LogP contribution in [0.2, 0.25) is 0 Å². The van der Waals surface area contributed by atoms with Gasteiger partial charge in [-0.15, -0.1) is 0 Å². The normalized spacial score (nSPS) is 14.3. The van der Waals surface area contributed by atoms with Gasteiger partial charge in [-0.05, 0) is 17.2 Å². The Balaban J connectivity index is 2.47. The van der Waals surface area contributed by atoms with Crippen LogP contribution in [0.4, 0.5) is 10.5 Å². The molecule has 0 fully saturated rings. The number of rotatable bonds is 1. The van der Waals surface area contributed by atoms with E-state index in [1.807, 2.05) is 6.07 Å². The van der Waals surface area contributed by atoms with Gasteiger partial charge in [0, 0.05) is 6.54 Å². The number of thiol groups is 1. The van der Waals surface area contributed by atoms with Crippen molar-refractivity contribution < 1.29 is 9.59 Å². The van der Waals surface area contributed by atoms with Gasteiger partial charge in [0.05, 0.1) is 12.1 Å². The van der Waals surface area contributed by atoms with E-state index in [0.717, 1.165) is 16.0 Å². The van der Waals surface area contributed by atoms with Crippen LogP contribution in [-0.4, -0.2) is 11.1 Å². The smallest absolute Gasteiger partial charge is 0.289 e. The number of carbonyl (C=O) groups is 2. The van der Waals surface area contributed by atoms with E-state index in [1.165, 1.54) is 0 Å². The van der Waals surface area contributed by atoms with Crippen LogP contribution < -0.4 is 10.6 Å². The first-order valence-electron chi connectivity index (χ1n) is 4.51. The van der Waals surface area contributed by atoms with Gasteiger partial charge >= 0.3 is 0 Å². The molecule has 1 aliphatic heterocycles. The molecule has 1 heterocycles. The van der Waals surface area contributed by atoms with E-state index >= 15 is 0 Å². The number of benzene rings is 1. The molecule has 0 saturated heterocycles. The molecule has 4 nitrogen and oxygen atoms in total. The lowest BCUT2D eigenvalue weighted by Crippen LogP contribution is -2.28. The van der Waals surface area contributed by atoms with Gasteiger partial charge in [0.1, 0.15) is 0 Å². The van der Waals surface area contributed by atoms with E-state index in [1.54, 1.807) is 12.1 Å². The summed E-state index contributed by atoms with van der Waals surface area (Å²) in [7, 11) is 0. The third-order valence-corrected chi connectivity index (χ3v) is 2.60. The highest BCUT2D eigenvalue weighted by molar-refractivity contribution is 7.97. The van der Waals surface area contributed by atoms with Gasteiger partial charge in [0.15, 0.2) is 0 Å². The molecule has 0 aliphatic carbocycles. The van der Waals surface area contributed by atoms with Crippen molar-refractivity contribution in [3.63, 3.8) is 0 Å². The fourth-order valence-electron chi connectivity index (χ4n) is 1.71. The third-order valence-electron chi connectivity index (χ3n) is 2.40. The number of fused-ring (bicyclic) bond motifs is 1. The molecule has 1 aromatic carbocycles. The lowest BCUT2D eigenvalue weighted by Gasteiger charge is -2.11. The fraction of sp³-hybridized carbons (Fsp3) is 0.200. The van der Waals surface area contributed by atoms with Crippen LogP contribution in [0.15, 0.2) is 18.2 Å². The van der Waals surface area contributed by atoms with Crippen molar-refractivity contribution in [3.05, 3.63) is 29.3 Å². The Kier molecular flexibility index (Phi) is 2.50. The van der Waals surface area contributed by atoms with Gasteiger partial charge in [-0.2, -0.15) is 0 Å². The summed E-state index contributed by atoms with van der Waals surface area (Å²) in [6.07, 6.45) is 0.246. The Morgan fingerprint density at radius 1 is 1.53 bits per heavy atom. The van der Waals surface area contributed by atoms with Crippen molar-refractivity contribution >= 4 is 29.5 Å². The second kappa shape index (κ2) is 3.67. The predicted molar refractivity (Wildman–Crippen MR) is 59.9 cm³/mol. The summed E-state index contributed by atoms with van der Waals surface area (Å²) >= 11 is 3.67. The van der Waals surface area contributed by atoms with Crippen molar-refractivity contribution in [2.75, 3.05) is 4.90 Å². The Labute approximate surface area is 92.5 Å². The molecule has 2 rings (SSSR count). The molecular formula is C10H10N2O2S. The minimum Gasteiger partial charge on any atom is -0.326 e. The number of nitrogens with two attached hydrogens (primary N) is 1. The summed E-state index contributed by atoms with van der Waals surface area (Å²) < 4.78 is 0. The second-order valence-electron chi connectivity index (χ2n) is 3.36. The lowest BCUT2D eigenvalue weighted by molar-refractivity contribution is -0.116. The standard InChI is InChI=1S/C10H10N2O2S/c11-5-6-1-2-8-7(3-6)4-9(13)12(8)10(14)15/h1-3H,4-5,11H2,(H,14,15). The van der Waals surface area contributed by atoms with E-state index in [-0.39, 0.29) is 12.3 Å². The number of nitrogens with zero attached hydrogens (tertiary/aromatic N) is 1. The maximum Gasteiger partial charge on any atom is 0.289 e. The number of hydrogen-bond acceptors (Lipinski definition) is 3. The zero-order valence-electron chi connectivity index (χ0n) is 7.93. The van der Waals surface area contributed by atoms with Gasteiger partial charge in [-0.1, -0.05) is 24.8 Å². The Morgan fingerprint density at radius 2 is 2.27 bits per heavy atom. The molecule has 1 aromatic rings. The van der Waals surface area contributed by atoms with Crippen molar-refractivity contribution in [1.82, 2.24) is 0 Å². The SMILES string of the molecule is NCc1ccc2c(c1)CC(=O)N2C(=O)S. The molecule has 0 aromatic heterocycles. The summed E-state index contributed by atoms with van der Waals surface area (Å²) in [5.74, 6) is -0.237. The highest BCUT2D eigenvalue weighted by Crippen LogP contribution is 2.30. The van der Waals surface area contributed by atoms with Gasteiger partial charge in [-0.3, -0.25) is 9.59 Å². The maximum absolute atomic E-state index is 11.5. The number of imide groups is 1. The summed E-state index contributed by atoms with van der Waals surface area (Å²) in [5.41, 5.74) is 7.91. The van der Waals surface area contributed by atoms with Gasteiger partial charge in [0.2, 0.25) is 5.91 Å². The highest BCUT2D eigenvalue weighted by Gasteiger charge is 2.30. The Bertz CT molecular complexity index is 445. The molecule has 0 unspecified atom stereocenters. The van der Waals surface area contributed by atoms with Crippen LogP contribution in [0.1, 0.15) is 11.1 Å². The van der Waals surface area contributed by atoms with Crippen LogP contribution >= 0.6 is 12.6 Å². The molecule has 15 heavy (non-hydrogen) atoms. The van der Waals surface area contributed by atoms with Crippen molar-refractivity contribution in [2.24, 2.45) is 5.73 Å². The summed E-state index contributed by atoms with van der Waals surface area (Å²) in [4.78, 5) is 23.7. The topological polar surface area (TPSA) is 63.4 Å². The van der Waals surface area contributed by atoms with Crippen LogP contribution in [0.3, 0.4) is 0 Å². The molecule has 0 spiro atoms. The van der Waals surface area contributed by atoms with Crippen molar-refractivity contribution in [1.29, 1.82) is 0 Å². The molecule has 0 radical (unpaired) electrons. The average molecular weight is 222 g/mol. The van der Waals surface area contributed by atoms with Gasteiger partial charge in [-0.25, -0.2) is 4.90 Å². The van der Waals surface area contributed by atoms with E-state index in [2.05, 4.69) is 12.6 Å². The maximum atomic E-state index is 11.5. The number of anilines is 1. The zero-order chi connectivity index (χ0) is 11.0. The minimum atomic E-state index is -0.542. The number of amides is 2. The lowest BCUT2D eigenvalue weighted by atomic mass is 10.1. The Morgan fingerprint density at radius 3 is 2.87 bits per heavy atom. The molecule has 78 valence electrons. The first kappa shape index (κ1) is 10.2. The quantitative estimate of drug-likeness (QED) is 0.699. The Hall–Kier alpha value is -1.33. The average Bonchev–Trinajstić information content (AvgIpc) is 2.52. The molecular weight excluding hydrogens is 212 g/mol. The molecule has 2 amide bonds. The van der Waals surface area contributed by atoms with E-state index < -0.39 is 5.24 Å². The third kappa shape index (κ3) is 1.64. The summed E-state index contributed by atoms with van der Waals surface area (Å²) in [6.45, 7) is 0.427. The van der Waals surface area contributed by atoms with Crippen LogP contribution in [-0.2, 0) is 17.8 Å². The fourth-order valence-corrected chi connectivity index (χ4v) is 1.93. The zero-order valence-corrected chi connectivity index (χ0v) is 8.83. The number of carbonyl (C=O) groups excluding carboxylic acids is 2. The van der Waals surface area contributed by atoms with Gasteiger partial charge in [0.25, 0.3) is 5.24 Å². The largest absolute Gasteiger partial charge is 0.326 e. The summed E-state index contributed by atoms with van der Waals surface area (Å²) in [5, 5.41) is -0.542. The first-order chi connectivity index (χ1) is 7.13. The molecule has 0 atom stereocenters. The molecule has 1 aliphatic rings. The van der Waals surface area contributed by atoms with Crippen molar-refractivity contribution in [2.45, 2.75) is 13.0 Å². The highest BCUT2D eigenvalue weighted by atomic mass is 32.1. The van der Waals surface area contributed by atoms with Crippen LogP contribution in [0.5, 0.6) is 0 Å². The molecule has 5 heteroatoms. The predicted octanol–water partition coefficient (Wildman–Crippen LogP) is 1.08. The number of hydrogen-bond donors (Lipinski definition) is 2. The second-order valence-corrected chi connectivity index (χ2v) is 3.74. The molecule has 0 bridgehead atoms. The van der Waals surface area contributed by atoms with Crippen molar-refractivity contribution in [3.8, 4) is 0 Å². The first-order valence-corrected chi connectivity index (χ1v) is 4.96. The van der Waals surface area contributed by atoms with E-state index in [0.29, 0.717) is 12.2 Å². The van der Waals surface area contributed by atoms with Gasteiger partial charge < -0.3 is 5.73 Å². The van der Waals surface area contributed by atoms with Crippen LogP contribution in [0.25, 0.3) is 0 Å². The van der Waals surface area contributed by atoms with E-state index in [9.17, 15) is 9.59 Å².